The molecule has 0 amide bonds. The quantitative estimate of drug-likeness (QED) is 0.369. The van der Waals surface area contributed by atoms with Crippen molar-refractivity contribution in [1.82, 2.24) is 5.32 Å². The van der Waals surface area contributed by atoms with E-state index in [0.29, 0.717) is 18.2 Å². The topological polar surface area (TPSA) is 182 Å². The van der Waals surface area contributed by atoms with Gasteiger partial charge in [-0.25, -0.2) is 0 Å². The lowest BCUT2D eigenvalue weighted by Gasteiger charge is -2.25. The van der Waals surface area contributed by atoms with Gasteiger partial charge in [0.25, 0.3) is 11.4 Å². The molecule has 170 valence electrons. The van der Waals surface area contributed by atoms with E-state index in [9.17, 15) is 30.3 Å². The van der Waals surface area contributed by atoms with E-state index in [4.69, 9.17) is 10.2 Å². The number of aliphatic hydroxyl groups is 1. The van der Waals surface area contributed by atoms with Crippen LogP contribution in [0.2, 0.25) is 0 Å². The molecule has 0 aliphatic rings. The molecule has 1 aromatic rings. The molecule has 0 bridgehead atoms. The average molecular weight is 430 g/mol. The van der Waals surface area contributed by atoms with Crippen LogP contribution in [-0.4, -0.2) is 43.7 Å². The van der Waals surface area contributed by atoms with Crippen LogP contribution < -0.4 is 5.32 Å². The molecule has 0 fully saturated rings. The van der Waals surface area contributed by atoms with E-state index >= 15 is 0 Å². The zero-order valence-corrected chi connectivity index (χ0v) is 17.8. The van der Waals surface area contributed by atoms with Crippen molar-refractivity contribution >= 4 is 17.1 Å². The van der Waals surface area contributed by atoms with Crippen LogP contribution in [-0.2, 0) is 0 Å². The van der Waals surface area contributed by atoms with Gasteiger partial charge in [0.2, 0.25) is 0 Å². The van der Waals surface area contributed by atoms with Gasteiger partial charge in [0.15, 0.2) is 0 Å². The Bertz CT molecular complexity index is 694. The fraction of sp³-hybridized carbons (Fsp3) is 0.667. The van der Waals surface area contributed by atoms with Gasteiger partial charge in [-0.2, -0.15) is 0 Å². The Balaban J connectivity index is 0.000000567. The minimum atomic E-state index is -1.21. The molecule has 30 heavy (non-hydrogen) atoms. The molecular formula is C18H30N4O8. The third-order valence-corrected chi connectivity index (χ3v) is 3.96. The van der Waals surface area contributed by atoms with Crippen LogP contribution in [0.3, 0.4) is 0 Å². The smallest absolute Gasteiger partial charge is 0.324 e. The van der Waals surface area contributed by atoms with Crippen molar-refractivity contribution in [3.8, 4) is 5.75 Å². The molecule has 0 aliphatic carbocycles. The lowest BCUT2D eigenvalue weighted by atomic mass is 9.95. The Morgan fingerprint density at radius 3 is 1.53 bits per heavy atom. The summed E-state index contributed by atoms with van der Waals surface area (Å²) < 4.78 is 0. The summed E-state index contributed by atoms with van der Waals surface area (Å²) in [6.45, 7) is 11.3. The summed E-state index contributed by atoms with van der Waals surface area (Å²) in [5.74, 6) is 0.231. The van der Waals surface area contributed by atoms with Gasteiger partial charge >= 0.3 is 11.4 Å². The number of benzene rings is 1. The van der Waals surface area contributed by atoms with Crippen LogP contribution in [0.15, 0.2) is 12.1 Å². The summed E-state index contributed by atoms with van der Waals surface area (Å²) in [6, 6.07) is 1.67. The number of nitro groups is 3. The molecule has 0 aromatic heterocycles. The van der Waals surface area contributed by atoms with E-state index < -0.39 is 37.6 Å². The standard InChI is InChI=1S/C12H27NO.C6H3N3O7/c1-9(2)6-12(7-10(3)4)13-11(5)8-14;10-6-4(8(13)14)1-3(7(11)12)2-5(6)9(15)16/h9-14H,6-8H2,1-5H3;1-2,10H. The molecule has 0 radical (unpaired) electrons. The van der Waals surface area contributed by atoms with E-state index in [1.54, 1.807) is 0 Å². The maximum absolute atomic E-state index is 10.4. The first-order valence-electron chi connectivity index (χ1n) is 9.47. The summed E-state index contributed by atoms with van der Waals surface area (Å²) in [5, 5.41) is 52.7. The predicted octanol–water partition coefficient (Wildman–Crippen LogP) is 3.53. The summed E-state index contributed by atoms with van der Waals surface area (Å²) in [6.07, 6.45) is 2.39. The SMILES string of the molecule is CC(C)CC(CC(C)C)NC(C)CO.O=[N+]([O-])c1cc([N+](=O)[O-])c(O)c([N+](=O)[O-])c1. The van der Waals surface area contributed by atoms with Crippen molar-refractivity contribution in [1.29, 1.82) is 0 Å². The Hall–Kier alpha value is -2.86. The second kappa shape index (κ2) is 12.6. The molecular weight excluding hydrogens is 400 g/mol. The average Bonchev–Trinajstić information content (AvgIpc) is 2.60. The van der Waals surface area contributed by atoms with Crippen molar-refractivity contribution in [3.05, 3.63) is 42.5 Å². The molecule has 12 nitrogen and oxygen atoms in total. The van der Waals surface area contributed by atoms with Crippen LogP contribution in [0.1, 0.15) is 47.5 Å². The fourth-order valence-corrected chi connectivity index (χ4v) is 2.80. The minimum absolute atomic E-state index is 0.220. The minimum Gasteiger partial charge on any atom is -0.497 e. The van der Waals surface area contributed by atoms with E-state index in [1.165, 1.54) is 12.8 Å². The van der Waals surface area contributed by atoms with Gasteiger partial charge in [-0.15, -0.1) is 0 Å². The van der Waals surface area contributed by atoms with Crippen LogP contribution >= 0.6 is 0 Å². The highest BCUT2D eigenvalue weighted by Crippen LogP contribution is 2.38. The number of aromatic hydroxyl groups is 1. The van der Waals surface area contributed by atoms with Gasteiger partial charge < -0.3 is 15.5 Å². The van der Waals surface area contributed by atoms with Gasteiger partial charge in [-0.1, -0.05) is 27.7 Å². The Kier molecular flexibility index (Phi) is 11.4. The fourth-order valence-electron chi connectivity index (χ4n) is 2.80. The number of hydrogen-bond acceptors (Lipinski definition) is 9. The van der Waals surface area contributed by atoms with Crippen LogP contribution in [0, 0.1) is 42.2 Å². The maximum Gasteiger partial charge on any atom is 0.324 e. The first-order valence-corrected chi connectivity index (χ1v) is 9.47. The number of phenolic OH excluding ortho intramolecular Hbond substituents is 1. The Morgan fingerprint density at radius 2 is 1.27 bits per heavy atom. The highest BCUT2D eigenvalue weighted by atomic mass is 16.6. The molecule has 0 heterocycles. The first kappa shape index (κ1) is 27.1. The van der Waals surface area contributed by atoms with Gasteiger partial charge in [-0.05, 0) is 31.6 Å². The summed E-state index contributed by atoms with van der Waals surface area (Å²) in [4.78, 5) is 27.8. The van der Waals surface area contributed by atoms with Gasteiger partial charge in [0.1, 0.15) is 0 Å². The number of aliphatic hydroxyl groups excluding tert-OH is 1. The zero-order chi connectivity index (χ0) is 23.6. The summed E-state index contributed by atoms with van der Waals surface area (Å²) in [7, 11) is 0. The van der Waals surface area contributed by atoms with Gasteiger partial charge in [-0.3, -0.25) is 30.3 Å². The molecule has 0 aliphatic heterocycles. The van der Waals surface area contributed by atoms with Crippen molar-refractivity contribution in [2.45, 2.75) is 59.5 Å². The summed E-state index contributed by atoms with van der Waals surface area (Å²) in [5.41, 5.74) is -3.00. The van der Waals surface area contributed by atoms with Crippen LogP contribution in [0.5, 0.6) is 5.75 Å². The number of nitro benzene ring substituents is 3. The molecule has 1 rings (SSSR count). The second-order valence-corrected chi connectivity index (χ2v) is 7.81. The van der Waals surface area contributed by atoms with Crippen molar-refractivity contribution < 1.29 is 25.0 Å². The van der Waals surface area contributed by atoms with Crippen LogP contribution in [0.25, 0.3) is 0 Å². The van der Waals surface area contributed by atoms with Crippen molar-refractivity contribution in [2.24, 2.45) is 11.8 Å². The zero-order valence-electron chi connectivity index (χ0n) is 17.8. The number of non-ortho nitro benzene ring substituents is 1. The van der Waals surface area contributed by atoms with Gasteiger partial charge in [0.05, 0.1) is 33.5 Å². The lowest BCUT2D eigenvalue weighted by molar-refractivity contribution is -0.404. The monoisotopic (exact) mass is 430 g/mol. The molecule has 0 saturated heterocycles. The molecule has 3 N–H and O–H groups in total. The number of phenols is 1. The molecule has 1 unspecified atom stereocenters. The normalized spacial score (nSPS) is 11.9. The second-order valence-electron chi connectivity index (χ2n) is 7.81. The lowest BCUT2D eigenvalue weighted by Crippen LogP contribution is -2.40. The molecule has 12 heteroatoms. The van der Waals surface area contributed by atoms with E-state index in [1.807, 2.05) is 6.92 Å². The third kappa shape index (κ3) is 9.56. The molecule has 1 atom stereocenters. The number of hydrogen-bond donors (Lipinski definition) is 3. The highest BCUT2D eigenvalue weighted by Gasteiger charge is 2.30. The predicted molar refractivity (Wildman–Crippen MR) is 110 cm³/mol. The number of nitrogens with zero attached hydrogens (tertiary/aromatic N) is 3. The third-order valence-electron chi connectivity index (χ3n) is 3.96. The number of rotatable bonds is 10. The van der Waals surface area contributed by atoms with E-state index in [-0.39, 0.29) is 12.6 Å². The largest absolute Gasteiger partial charge is 0.497 e. The van der Waals surface area contributed by atoms with Crippen molar-refractivity contribution in [3.63, 3.8) is 0 Å². The molecule has 0 spiro atoms. The molecule has 1 aromatic carbocycles. The van der Waals surface area contributed by atoms with Crippen LogP contribution in [0.4, 0.5) is 17.1 Å². The highest BCUT2D eigenvalue weighted by molar-refractivity contribution is 5.64. The van der Waals surface area contributed by atoms with Crippen molar-refractivity contribution in [2.75, 3.05) is 6.61 Å². The Labute approximate surface area is 174 Å². The Morgan fingerprint density at radius 1 is 0.867 bits per heavy atom. The number of nitrogens with one attached hydrogen (secondary N) is 1. The maximum atomic E-state index is 10.4. The summed E-state index contributed by atoms with van der Waals surface area (Å²) >= 11 is 0. The van der Waals surface area contributed by atoms with Gasteiger partial charge in [0, 0.05) is 12.1 Å². The van der Waals surface area contributed by atoms with E-state index in [0.717, 1.165) is 11.8 Å². The molecule has 0 saturated carbocycles. The first-order chi connectivity index (χ1) is 13.8. The van der Waals surface area contributed by atoms with E-state index in [2.05, 4.69) is 33.0 Å².